The van der Waals surface area contributed by atoms with Crippen molar-refractivity contribution in [2.45, 2.75) is 96.5 Å². The van der Waals surface area contributed by atoms with Crippen LogP contribution in [0.25, 0.3) is 0 Å². The highest BCUT2D eigenvalue weighted by Gasteiger charge is 2.49. The Kier molecular flexibility index (Phi) is 8.67. The van der Waals surface area contributed by atoms with Crippen molar-refractivity contribution in [1.82, 2.24) is 0 Å². The molecule has 0 aliphatic heterocycles. The predicted octanol–water partition coefficient (Wildman–Crippen LogP) is 5.96. The molecule has 2 atom stereocenters. The summed E-state index contributed by atoms with van der Waals surface area (Å²) in [6.07, 6.45) is -5.46. The lowest BCUT2D eigenvalue weighted by Gasteiger charge is -2.42. The molecule has 0 aromatic heterocycles. The summed E-state index contributed by atoms with van der Waals surface area (Å²) in [5.74, 6) is -1.89. The minimum absolute atomic E-state index is 0.0107. The van der Waals surface area contributed by atoms with Crippen LogP contribution in [-0.2, 0) is 8.85 Å². The van der Waals surface area contributed by atoms with E-state index in [0.717, 1.165) is 0 Å². The van der Waals surface area contributed by atoms with E-state index in [-0.39, 0.29) is 23.1 Å². The third-order valence-corrected chi connectivity index (χ3v) is 15.0. The van der Waals surface area contributed by atoms with Crippen LogP contribution in [0.5, 0.6) is 0 Å². The average Bonchev–Trinajstić information content (AvgIpc) is 2.33. The zero-order valence-electron chi connectivity index (χ0n) is 18.2. The van der Waals surface area contributed by atoms with Crippen LogP contribution >= 0.6 is 0 Å². The van der Waals surface area contributed by atoms with Gasteiger partial charge in [-0.2, -0.15) is 13.2 Å². The summed E-state index contributed by atoms with van der Waals surface area (Å²) in [5.41, 5.74) is 0. The summed E-state index contributed by atoms with van der Waals surface area (Å²) in [4.78, 5) is 0. The maximum atomic E-state index is 13.4. The molecular weight excluding hydrogens is 377 g/mol. The van der Waals surface area contributed by atoms with Crippen LogP contribution in [0.2, 0.25) is 36.3 Å². The second kappa shape index (κ2) is 8.63. The number of halogens is 3. The van der Waals surface area contributed by atoms with E-state index in [1.165, 1.54) is 0 Å². The summed E-state index contributed by atoms with van der Waals surface area (Å²) in [6.45, 7) is 19.5. The molecular formula is C18H39F3O3Si2. The Morgan fingerprint density at radius 1 is 0.846 bits per heavy atom. The highest BCUT2D eigenvalue weighted by atomic mass is 28.4. The summed E-state index contributed by atoms with van der Waals surface area (Å²) in [6, 6.07) is 0. The van der Waals surface area contributed by atoms with Gasteiger partial charge < -0.3 is 14.0 Å². The van der Waals surface area contributed by atoms with Crippen molar-refractivity contribution < 1.29 is 27.1 Å². The molecule has 1 N–H and O–H groups in total. The zero-order chi connectivity index (χ0) is 21.2. The van der Waals surface area contributed by atoms with Crippen LogP contribution in [0.1, 0.15) is 48.0 Å². The first-order chi connectivity index (χ1) is 11.3. The lowest BCUT2D eigenvalue weighted by molar-refractivity contribution is -0.208. The van der Waals surface area contributed by atoms with E-state index in [2.05, 4.69) is 33.9 Å². The molecule has 158 valence electrons. The molecule has 3 nitrogen and oxygen atoms in total. The Morgan fingerprint density at radius 3 is 1.58 bits per heavy atom. The van der Waals surface area contributed by atoms with Crippen molar-refractivity contribution in [3.05, 3.63) is 0 Å². The topological polar surface area (TPSA) is 38.7 Å². The number of hydrogen-bond acceptors (Lipinski definition) is 3. The lowest BCUT2D eigenvalue weighted by atomic mass is 10.0. The molecule has 0 saturated heterocycles. The van der Waals surface area contributed by atoms with Crippen molar-refractivity contribution in [1.29, 1.82) is 0 Å². The third-order valence-electron chi connectivity index (χ3n) is 5.99. The molecule has 0 aromatic carbocycles. The van der Waals surface area contributed by atoms with E-state index >= 15 is 0 Å². The molecule has 0 aliphatic rings. The van der Waals surface area contributed by atoms with E-state index in [1.807, 2.05) is 33.9 Å². The number of aliphatic hydroxyl groups is 1. The van der Waals surface area contributed by atoms with Crippen LogP contribution < -0.4 is 0 Å². The minimum atomic E-state index is -4.50. The van der Waals surface area contributed by atoms with Crippen molar-refractivity contribution in [3.8, 4) is 0 Å². The third kappa shape index (κ3) is 7.26. The fourth-order valence-electron chi connectivity index (χ4n) is 1.98. The van der Waals surface area contributed by atoms with Gasteiger partial charge in [0.15, 0.2) is 16.6 Å². The molecule has 0 rings (SSSR count). The van der Waals surface area contributed by atoms with E-state index in [9.17, 15) is 18.3 Å². The largest absolute Gasteiger partial charge is 0.417 e. The van der Waals surface area contributed by atoms with Gasteiger partial charge in [-0.05, 0) is 42.7 Å². The second-order valence-corrected chi connectivity index (χ2v) is 19.7. The molecule has 26 heavy (non-hydrogen) atoms. The normalized spacial score (nSPS) is 17.3. The van der Waals surface area contributed by atoms with E-state index < -0.39 is 41.4 Å². The minimum Gasteiger partial charge on any atom is -0.417 e. The second-order valence-electron chi connectivity index (χ2n) is 10.1. The Hall–Kier alpha value is 0.104. The van der Waals surface area contributed by atoms with Gasteiger partial charge in [-0.25, -0.2) is 0 Å². The van der Waals surface area contributed by atoms with E-state index in [1.54, 1.807) is 0 Å². The summed E-state index contributed by atoms with van der Waals surface area (Å²) < 4.78 is 52.4. The van der Waals surface area contributed by atoms with Crippen LogP contribution in [0, 0.1) is 5.92 Å². The van der Waals surface area contributed by atoms with Gasteiger partial charge in [0, 0.05) is 6.61 Å². The fourth-order valence-corrected chi connectivity index (χ4v) is 4.43. The molecule has 0 aromatic rings. The van der Waals surface area contributed by atoms with Gasteiger partial charge in [-0.15, -0.1) is 0 Å². The van der Waals surface area contributed by atoms with Gasteiger partial charge in [-0.3, -0.25) is 0 Å². The average molecular weight is 417 g/mol. The summed E-state index contributed by atoms with van der Waals surface area (Å²) in [5, 5.41) is 9.18. The Balaban J connectivity index is 5.37. The molecule has 0 heterocycles. The van der Waals surface area contributed by atoms with E-state index in [0.29, 0.717) is 0 Å². The van der Waals surface area contributed by atoms with Crippen molar-refractivity contribution >= 4 is 16.6 Å². The lowest BCUT2D eigenvalue weighted by Crippen LogP contribution is -2.50. The van der Waals surface area contributed by atoms with Gasteiger partial charge in [0.1, 0.15) is 5.92 Å². The maximum Gasteiger partial charge on any atom is 0.396 e. The fraction of sp³-hybridized carbons (Fsp3) is 1.00. The molecule has 0 fully saturated rings. The Bertz CT molecular complexity index is 438. The number of aliphatic hydroxyl groups excluding tert-OH is 1. The van der Waals surface area contributed by atoms with Crippen molar-refractivity contribution in [2.24, 2.45) is 5.92 Å². The molecule has 0 radical (unpaired) electrons. The van der Waals surface area contributed by atoms with Crippen LogP contribution in [-0.4, -0.2) is 47.2 Å². The highest BCUT2D eigenvalue weighted by molar-refractivity contribution is 6.74. The van der Waals surface area contributed by atoms with Gasteiger partial charge in [0.25, 0.3) is 0 Å². The summed E-state index contributed by atoms with van der Waals surface area (Å²) in [7, 11) is -4.46. The van der Waals surface area contributed by atoms with Gasteiger partial charge in [0.2, 0.25) is 0 Å². The molecule has 0 aliphatic carbocycles. The zero-order valence-corrected chi connectivity index (χ0v) is 20.2. The number of alkyl halides is 3. The molecule has 0 saturated carbocycles. The molecule has 0 spiro atoms. The first-order valence-electron chi connectivity index (χ1n) is 9.25. The molecule has 8 heteroatoms. The highest BCUT2D eigenvalue weighted by Crippen LogP contribution is 2.41. The van der Waals surface area contributed by atoms with Crippen molar-refractivity contribution in [3.63, 3.8) is 0 Å². The maximum absolute atomic E-state index is 13.4. The first kappa shape index (κ1) is 26.1. The molecule has 0 unspecified atom stereocenters. The predicted molar refractivity (Wildman–Crippen MR) is 106 cm³/mol. The number of hydrogen-bond donors (Lipinski definition) is 1. The van der Waals surface area contributed by atoms with Gasteiger partial charge >= 0.3 is 6.18 Å². The Labute approximate surface area is 159 Å². The molecule has 0 amide bonds. The van der Waals surface area contributed by atoms with Crippen LogP contribution in [0.4, 0.5) is 13.2 Å². The smallest absolute Gasteiger partial charge is 0.396 e. The van der Waals surface area contributed by atoms with E-state index in [4.69, 9.17) is 8.85 Å². The number of rotatable bonds is 8. The Morgan fingerprint density at radius 2 is 1.27 bits per heavy atom. The molecule has 0 bridgehead atoms. The van der Waals surface area contributed by atoms with Crippen LogP contribution in [0.15, 0.2) is 0 Å². The monoisotopic (exact) mass is 416 g/mol. The van der Waals surface area contributed by atoms with Gasteiger partial charge in [0.05, 0.1) is 12.7 Å². The van der Waals surface area contributed by atoms with Crippen LogP contribution in [0.3, 0.4) is 0 Å². The first-order valence-corrected chi connectivity index (χ1v) is 15.1. The van der Waals surface area contributed by atoms with Gasteiger partial charge in [-0.1, -0.05) is 41.5 Å². The summed E-state index contributed by atoms with van der Waals surface area (Å²) >= 11 is 0. The standard InChI is InChI=1S/C18H39F3O3Si2/c1-16(2,3)25(7,8)23-12-11-15(14(13-22)18(19,20)21)24-26(9,10)17(4,5)6/h14-15,22H,11-13H2,1-10H3/t14-,15+/m0/s1. The van der Waals surface area contributed by atoms with Crippen molar-refractivity contribution in [2.75, 3.05) is 13.2 Å². The SMILES string of the molecule is CC(C)(C)[Si](C)(C)OCC[C@@H](O[Si](C)(C)C(C)(C)C)[C@H](CO)C(F)(F)F. The quantitative estimate of drug-likeness (QED) is 0.496.